The van der Waals surface area contributed by atoms with Crippen LogP contribution in [-0.4, -0.2) is 56.9 Å². The highest BCUT2D eigenvalue weighted by atomic mass is 16.5. The van der Waals surface area contributed by atoms with E-state index in [1.54, 1.807) is 21.1 Å². The molecule has 1 aliphatic heterocycles. The lowest BCUT2D eigenvalue weighted by Gasteiger charge is -2.33. The Morgan fingerprint density at radius 2 is 2.00 bits per heavy atom. The maximum absolute atomic E-state index is 12.5. The fraction of sp³-hybridized carbons (Fsp3) is 0.579. The second-order valence-electron chi connectivity index (χ2n) is 6.23. The van der Waals surface area contributed by atoms with Crippen LogP contribution in [0.25, 0.3) is 0 Å². The minimum atomic E-state index is -0.419. The molecule has 0 bridgehead atoms. The van der Waals surface area contributed by atoms with Crippen molar-refractivity contribution in [2.75, 3.05) is 33.9 Å². The third-order valence-electron chi connectivity index (χ3n) is 4.45. The lowest BCUT2D eigenvalue weighted by Crippen LogP contribution is -2.49. The monoisotopic (exact) mass is 364 g/mol. The highest BCUT2D eigenvalue weighted by Gasteiger charge is 2.24. The number of aryl methyl sites for hydroxylation is 1. The number of amides is 2. The molecule has 144 valence electrons. The van der Waals surface area contributed by atoms with Crippen LogP contribution in [0, 0.1) is 0 Å². The van der Waals surface area contributed by atoms with E-state index < -0.39 is 6.09 Å². The van der Waals surface area contributed by atoms with Crippen LogP contribution >= 0.6 is 0 Å². The van der Waals surface area contributed by atoms with Crippen molar-refractivity contribution in [3.05, 3.63) is 23.8 Å². The molecule has 1 aromatic carbocycles. The number of nitrogens with zero attached hydrogens (tertiary/aromatic N) is 1. The molecule has 1 aromatic rings. The van der Waals surface area contributed by atoms with Gasteiger partial charge in [-0.15, -0.1) is 0 Å². The highest BCUT2D eigenvalue weighted by molar-refractivity contribution is 5.77. The van der Waals surface area contributed by atoms with Gasteiger partial charge in [-0.3, -0.25) is 4.79 Å². The van der Waals surface area contributed by atoms with Gasteiger partial charge in [0, 0.05) is 25.6 Å². The molecule has 1 fully saturated rings. The number of rotatable bonds is 7. The first-order valence-electron chi connectivity index (χ1n) is 8.99. The van der Waals surface area contributed by atoms with Gasteiger partial charge in [-0.05, 0) is 43.9 Å². The molecule has 1 saturated heterocycles. The zero-order valence-electron chi connectivity index (χ0n) is 15.7. The van der Waals surface area contributed by atoms with Crippen LogP contribution in [-0.2, 0) is 16.0 Å². The molecule has 0 saturated carbocycles. The molecule has 1 N–H and O–H groups in total. The number of carbonyl (C=O) groups excluding carboxylic acids is 2. The molecule has 0 unspecified atom stereocenters. The Balaban J connectivity index is 1.86. The SMILES string of the molecule is CCOC(=O)N[C@H]1CCCN(C(=O)CCc2ccc(OC)c(OC)c2)C1. The number of ether oxygens (including phenoxy) is 3. The summed E-state index contributed by atoms with van der Waals surface area (Å²) < 4.78 is 15.4. The van der Waals surface area contributed by atoms with Gasteiger partial charge in [-0.1, -0.05) is 6.07 Å². The Morgan fingerprint density at radius 1 is 1.23 bits per heavy atom. The average Bonchev–Trinajstić information content (AvgIpc) is 2.66. The molecule has 1 heterocycles. The molecule has 1 aliphatic rings. The van der Waals surface area contributed by atoms with Crippen LogP contribution in [0.4, 0.5) is 4.79 Å². The molecular formula is C19H28N2O5. The lowest BCUT2D eigenvalue weighted by molar-refractivity contribution is -0.132. The second-order valence-corrected chi connectivity index (χ2v) is 6.23. The van der Waals surface area contributed by atoms with Gasteiger partial charge in [0.25, 0.3) is 0 Å². The van der Waals surface area contributed by atoms with Crippen molar-refractivity contribution in [3.63, 3.8) is 0 Å². The van der Waals surface area contributed by atoms with Crippen molar-refractivity contribution in [1.82, 2.24) is 10.2 Å². The molecule has 7 nitrogen and oxygen atoms in total. The summed E-state index contributed by atoms with van der Waals surface area (Å²) >= 11 is 0. The number of alkyl carbamates (subject to hydrolysis) is 1. The standard InChI is InChI=1S/C19H28N2O5/c1-4-26-19(23)20-15-6-5-11-21(13-15)18(22)10-8-14-7-9-16(24-2)17(12-14)25-3/h7,9,12,15H,4-6,8,10-11,13H2,1-3H3,(H,20,23)/t15-/m0/s1. The summed E-state index contributed by atoms with van der Waals surface area (Å²) in [6.45, 7) is 3.37. The summed E-state index contributed by atoms with van der Waals surface area (Å²) in [6.07, 6.45) is 2.36. The largest absolute Gasteiger partial charge is 0.493 e. The Kier molecular flexibility index (Phi) is 7.56. The number of carbonyl (C=O) groups is 2. The van der Waals surface area contributed by atoms with E-state index in [-0.39, 0.29) is 11.9 Å². The molecule has 0 aromatic heterocycles. The van der Waals surface area contributed by atoms with Gasteiger partial charge in [0.1, 0.15) is 0 Å². The Labute approximate surface area is 154 Å². The van der Waals surface area contributed by atoms with Gasteiger partial charge in [0.05, 0.1) is 20.8 Å². The van der Waals surface area contributed by atoms with E-state index in [4.69, 9.17) is 14.2 Å². The smallest absolute Gasteiger partial charge is 0.407 e. The fourth-order valence-electron chi connectivity index (χ4n) is 3.11. The van der Waals surface area contributed by atoms with Crippen LogP contribution in [0.1, 0.15) is 31.7 Å². The number of piperidine rings is 1. The second kappa shape index (κ2) is 9.89. The van der Waals surface area contributed by atoms with E-state index in [9.17, 15) is 9.59 Å². The van der Waals surface area contributed by atoms with Gasteiger partial charge >= 0.3 is 6.09 Å². The summed E-state index contributed by atoms with van der Waals surface area (Å²) in [5, 5.41) is 2.82. The van der Waals surface area contributed by atoms with Crippen LogP contribution < -0.4 is 14.8 Å². The molecule has 1 atom stereocenters. The first-order chi connectivity index (χ1) is 12.6. The normalized spacial score (nSPS) is 16.7. The number of hydrogen-bond donors (Lipinski definition) is 1. The first kappa shape index (κ1) is 19.9. The van der Waals surface area contributed by atoms with Crippen molar-refractivity contribution in [2.45, 2.75) is 38.6 Å². The Morgan fingerprint density at radius 3 is 2.69 bits per heavy atom. The molecule has 2 amide bonds. The molecule has 0 radical (unpaired) electrons. The van der Waals surface area contributed by atoms with Gasteiger partial charge < -0.3 is 24.4 Å². The molecule has 2 rings (SSSR count). The molecule has 0 aliphatic carbocycles. The molecular weight excluding hydrogens is 336 g/mol. The highest BCUT2D eigenvalue weighted by Crippen LogP contribution is 2.28. The van der Waals surface area contributed by atoms with Crippen LogP contribution in [0.2, 0.25) is 0 Å². The number of nitrogens with one attached hydrogen (secondary N) is 1. The minimum absolute atomic E-state index is 0.0483. The van der Waals surface area contributed by atoms with Crippen molar-refractivity contribution >= 4 is 12.0 Å². The predicted octanol–water partition coefficient (Wildman–Crippen LogP) is 2.37. The average molecular weight is 364 g/mol. The predicted molar refractivity (Wildman–Crippen MR) is 97.6 cm³/mol. The molecule has 0 spiro atoms. The van der Waals surface area contributed by atoms with Gasteiger partial charge in [-0.25, -0.2) is 4.79 Å². The first-order valence-corrected chi connectivity index (χ1v) is 8.99. The van der Waals surface area contributed by atoms with Gasteiger partial charge in [0.15, 0.2) is 11.5 Å². The molecule has 7 heteroatoms. The summed E-state index contributed by atoms with van der Waals surface area (Å²) in [5.41, 5.74) is 1.02. The maximum atomic E-state index is 12.5. The number of benzene rings is 1. The van der Waals surface area contributed by atoms with E-state index in [0.717, 1.165) is 24.9 Å². The van der Waals surface area contributed by atoms with Crippen LogP contribution in [0.3, 0.4) is 0 Å². The lowest BCUT2D eigenvalue weighted by atomic mass is 10.0. The van der Waals surface area contributed by atoms with Crippen LogP contribution in [0.5, 0.6) is 11.5 Å². The third kappa shape index (κ3) is 5.54. The summed E-state index contributed by atoms with van der Waals surface area (Å²) in [7, 11) is 3.19. The van der Waals surface area contributed by atoms with E-state index in [1.165, 1.54) is 0 Å². The fourth-order valence-corrected chi connectivity index (χ4v) is 3.11. The van der Waals surface area contributed by atoms with Gasteiger partial charge in [0.2, 0.25) is 5.91 Å². The minimum Gasteiger partial charge on any atom is -0.493 e. The number of hydrogen-bond acceptors (Lipinski definition) is 5. The zero-order valence-corrected chi connectivity index (χ0v) is 15.7. The van der Waals surface area contributed by atoms with Crippen molar-refractivity contribution < 1.29 is 23.8 Å². The topological polar surface area (TPSA) is 77.1 Å². The maximum Gasteiger partial charge on any atom is 0.407 e. The van der Waals surface area contributed by atoms with E-state index >= 15 is 0 Å². The number of likely N-dealkylation sites (tertiary alicyclic amines) is 1. The summed E-state index contributed by atoms with van der Waals surface area (Å²) in [5.74, 6) is 1.43. The summed E-state index contributed by atoms with van der Waals surface area (Å²) in [4.78, 5) is 25.9. The van der Waals surface area contributed by atoms with E-state index in [0.29, 0.717) is 37.5 Å². The van der Waals surface area contributed by atoms with Crippen molar-refractivity contribution in [3.8, 4) is 11.5 Å². The van der Waals surface area contributed by atoms with E-state index in [1.807, 2.05) is 23.1 Å². The van der Waals surface area contributed by atoms with Gasteiger partial charge in [-0.2, -0.15) is 0 Å². The Bertz CT molecular complexity index is 620. The quantitative estimate of drug-likeness (QED) is 0.804. The van der Waals surface area contributed by atoms with Crippen LogP contribution in [0.15, 0.2) is 18.2 Å². The summed E-state index contributed by atoms with van der Waals surface area (Å²) in [6, 6.07) is 5.63. The zero-order chi connectivity index (χ0) is 18.9. The van der Waals surface area contributed by atoms with E-state index in [2.05, 4.69) is 5.32 Å². The number of methoxy groups -OCH3 is 2. The third-order valence-corrected chi connectivity index (χ3v) is 4.45. The molecule has 26 heavy (non-hydrogen) atoms. The Hall–Kier alpha value is -2.44. The van der Waals surface area contributed by atoms with Crippen molar-refractivity contribution in [1.29, 1.82) is 0 Å². The van der Waals surface area contributed by atoms with Crippen molar-refractivity contribution in [2.24, 2.45) is 0 Å².